The smallest absolute Gasteiger partial charge is 0.291 e. The average molecular weight is 399 g/mol. The number of aryl methyl sites for hydroxylation is 2. The molecule has 3 aromatic heterocycles. The summed E-state index contributed by atoms with van der Waals surface area (Å²) in [7, 11) is 0. The molecule has 3 heterocycles. The minimum atomic E-state index is -0.616. The molecule has 0 radical (unpaired) electrons. The van der Waals surface area contributed by atoms with E-state index in [1.807, 2.05) is 31.2 Å². The molecule has 156 valence electrons. The number of carbonyl (C=O) groups is 1. The van der Waals surface area contributed by atoms with Crippen molar-refractivity contribution in [3.8, 4) is 0 Å². The van der Waals surface area contributed by atoms with Gasteiger partial charge in [0.15, 0.2) is 5.58 Å². The van der Waals surface area contributed by atoms with E-state index >= 15 is 0 Å². The van der Waals surface area contributed by atoms with Crippen molar-refractivity contribution >= 4 is 22.5 Å². The van der Waals surface area contributed by atoms with E-state index in [1.54, 1.807) is 6.07 Å². The third kappa shape index (κ3) is 3.36. The van der Waals surface area contributed by atoms with Gasteiger partial charge in [0.1, 0.15) is 23.1 Å². The molecule has 1 aliphatic rings. The summed E-state index contributed by atoms with van der Waals surface area (Å²) >= 11 is 0. The Labute approximate surface area is 170 Å². The van der Waals surface area contributed by atoms with Crippen LogP contribution in [0.5, 0.6) is 0 Å². The summed E-state index contributed by atoms with van der Waals surface area (Å²) in [6.45, 7) is 8.00. The maximum atomic E-state index is 13.3. The molecule has 1 N–H and O–H groups in total. The number of amides is 1. The molecule has 1 saturated carbocycles. The molecule has 3 atom stereocenters. The highest BCUT2D eigenvalue weighted by Gasteiger charge is 2.29. The van der Waals surface area contributed by atoms with E-state index in [2.05, 4.69) is 17.3 Å². The molecule has 0 unspecified atom stereocenters. The summed E-state index contributed by atoms with van der Waals surface area (Å²) in [6, 6.07) is 3.24. The normalized spacial score (nSPS) is 21.0. The third-order valence-corrected chi connectivity index (χ3v) is 6.26. The van der Waals surface area contributed by atoms with Crippen LogP contribution in [-0.4, -0.2) is 26.1 Å². The van der Waals surface area contributed by atoms with Crippen molar-refractivity contribution in [2.24, 2.45) is 5.92 Å². The first-order valence-electron chi connectivity index (χ1n) is 10.8. The minimum absolute atomic E-state index is 0.113. The lowest BCUT2D eigenvalue weighted by molar-refractivity contribution is -0.126. The highest BCUT2D eigenvalue weighted by atomic mass is 16.3. The van der Waals surface area contributed by atoms with Crippen LogP contribution in [-0.2, 0) is 11.2 Å². The second kappa shape index (κ2) is 7.69. The van der Waals surface area contributed by atoms with E-state index in [4.69, 9.17) is 4.42 Å². The van der Waals surface area contributed by atoms with Crippen molar-refractivity contribution in [2.75, 3.05) is 0 Å². The Morgan fingerprint density at radius 2 is 2.03 bits per heavy atom. The molecule has 1 aliphatic carbocycles. The fraction of sp³-hybridized carbons (Fsp3) is 0.591. The zero-order chi connectivity index (χ0) is 20.7. The summed E-state index contributed by atoms with van der Waals surface area (Å²) in [5.41, 5.74) is 1.76. The van der Waals surface area contributed by atoms with Gasteiger partial charge in [-0.05, 0) is 32.1 Å². The van der Waals surface area contributed by atoms with E-state index in [9.17, 15) is 9.59 Å². The highest BCUT2D eigenvalue weighted by molar-refractivity contribution is 5.84. The molecule has 7 heteroatoms. The summed E-state index contributed by atoms with van der Waals surface area (Å²) in [6.07, 6.45) is 5.64. The molecular weight excluding hydrogens is 368 g/mol. The van der Waals surface area contributed by atoms with Crippen molar-refractivity contribution < 1.29 is 9.21 Å². The monoisotopic (exact) mass is 398 g/mol. The van der Waals surface area contributed by atoms with Crippen LogP contribution < -0.4 is 10.9 Å². The van der Waals surface area contributed by atoms with Crippen LogP contribution in [0, 0.1) is 12.8 Å². The van der Waals surface area contributed by atoms with Crippen LogP contribution in [0.4, 0.5) is 0 Å². The van der Waals surface area contributed by atoms with Gasteiger partial charge < -0.3 is 9.73 Å². The SMILES string of the molecule is CCc1nn([C@H](CC)C(=O)N[C@H]2CCCC[C@H]2C)c(=O)c2cc3oc(C)cc3n12. The number of hydrogen-bond acceptors (Lipinski definition) is 4. The van der Waals surface area contributed by atoms with Crippen molar-refractivity contribution in [1.29, 1.82) is 0 Å². The van der Waals surface area contributed by atoms with Gasteiger partial charge in [0.05, 0.1) is 5.52 Å². The lowest BCUT2D eigenvalue weighted by Gasteiger charge is -2.31. The zero-order valence-electron chi connectivity index (χ0n) is 17.7. The van der Waals surface area contributed by atoms with Gasteiger partial charge in [0.2, 0.25) is 5.91 Å². The number of fused-ring (bicyclic) bond motifs is 3. The van der Waals surface area contributed by atoms with Crippen molar-refractivity contribution in [3.63, 3.8) is 0 Å². The van der Waals surface area contributed by atoms with Crippen molar-refractivity contribution in [1.82, 2.24) is 19.5 Å². The van der Waals surface area contributed by atoms with E-state index in [0.717, 1.165) is 36.4 Å². The quantitative estimate of drug-likeness (QED) is 0.709. The first kappa shape index (κ1) is 19.7. The predicted octanol–water partition coefficient (Wildman–Crippen LogP) is 3.76. The zero-order valence-corrected chi connectivity index (χ0v) is 17.7. The Bertz CT molecular complexity index is 1110. The lowest BCUT2D eigenvalue weighted by atomic mass is 9.86. The van der Waals surface area contributed by atoms with Crippen LogP contribution in [0.3, 0.4) is 0 Å². The highest BCUT2D eigenvalue weighted by Crippen LogP contribution is 2.26. The third-order valence-electron chi connectivity index (χ3n) is 6.26. The van der Waals surface area contributed by atoms with Crippen LogP contribution >= 0.6 is 0 Å². The van der Waals surface area contributed by atoms with Crippen molar-refractivity contribution in [2.45, 2.75) is 78.3 Å². The standard InChI is InChI=1S/C22H30N4O3/c1-5-16(21(27)23-15-10-8-7-9-13(15)3)26-22(28)18-12-19-17(11-14(4)29-19)25(18)20(6-2)24-26/h11-13,15-16H,5-10H2,1-4H3,(H,23,27)/t13-,15+,16-/m1/s1. The average Bonchev–Trinajstić information content (AvgIpc) is 3.22. The Balaban J connectivity index is 1.75. The molecule has 0 spiro atoms. The number of hydrogen-bond donors (Lipinski definition) is 1. The second-order valence-electron chi connectivity index (χ2n) is 8.29. The molecule has 4 rings (SSSR count). The van der Waals surface area contributed by atoms with Crippen LogP contribution in [0.1, 0.15) is 70.5 Å². The summed E-state index contributed by atoms with van der Waals surface area (Å²) in [5.74, 6) is 1.89. The Kier molecular flexibility index (Phi) is 5.23. The van der Waals surface area contributed by atoms with E-state index in [-0.39, 0.29) is 17.5 Å². The number of aromatic nitrogens is 3. The largest absolute Gasteiger partial charge is 0.460 e. The summed E-state index contributed by atoms with van der Waals surface area (Å²) in [4.78, 5) is 26.4. The molecule has 7 nitrogen and oxygen atoms in total. The molecule has 1 amide bonds. The number of rotatable bonds is 5. The number of furan rings is 1. The van der Waals surface area contributed by atoms with Gasteiger partial charge >= 0.3 is 0 Å². The Morgan fingerprint density at radius 3 is 2.72 bits per heavy atom. The number of carbonyl (C=O) groups excluding carboxylic acids is 1. The Morgan fingerprint density at radius 1 is 1.28 bits per heavy atom. The summed E-state index contributed by atoms with van der Waals surface area (Å²) < 4.78 is 8.96. The first-order valence-corrected chi connectivity index (χ1v) is 10.8. The maximum absolute atomic E-state index is 13.3. The van der Waals surface area contributed by atoms with E-state index < -0.39 is 6.04 Å². The molecule has 29 heavy (non-hydrogen) atoms. The van der Waals surface area contributed by atoms with Gasteiger partial charge in [-0.1, -0.05) is 33.6 Å². The van der Waals surface area contributed by atoms with Gasteiger partial charge in [0, 0.05) is 24.6 Å². The number of nitrogens with one attached hydrogen (secondary N) is 1. The van der Waals surface area contributed by atoms with Crippen LogP contribution in [0.2, 0.25) is 0 Å². The lowest BCUT2D eigenvalue weighted by Crippen LogP contribution is -2.46. The predicted molar refractivity (Wildman–Crippen MR) is 112 cm³/mol. The van der Waals surface area contributed by atoms with E-state index in [1.165, 1.54) is 11.1 Å². The molecule has 0 bridgehead atoms. The van der Waals surface area contributed by atoms with E-state index in [0.29, 0.717) is 29.9 Å². The van der Waals surface area contributed by atoms with Gasteiger partial charge in [-0.25, -0.2) is 4.68 Å². The second-order valence-corrected chi connectivity index (χ2v) is 8.29. The fourth-order valence-electron chi connectivity index (χ4n) is 4.60. The maximum Gasteiger partial charge on any atom is 0.291 e. The van der Waals surface area contributed by atoms with Crippen molar-refractivity contribution in [3.05, 3.63) is 34.1 Å². The van der Waals surface area contributed by atoms with Crippen LogP contribution in [0.15, 0.2) is 21.3 Å². The topological polar surface area (TPSA) is 81.5 Å². The van der Waals surface area contributed by atoms with Crippen LogP contribution in [0.25, 0.3) is 16.6 Å². The molecule has 1 fully saturated rings. The molecule has 3 aromatic rings. The Hall–Kier alpha value is -2.57. The summed E-state index contributed by atoms with van der Waals surface area (Å²) in [5, 5.41) is 7.82. The van der Waals surface area contributed by atoms with Gasteiger partial charge in [-0.15, -0.1) is 0 Å². The first-order chi connectivity index (χ1) is 13.9. The van der Waals surface area contributed by atoms with Gasteiger partial charge in [0.25, 0.3) is 5.56 Å². The fourth-order valence-corrected chi connectivity index (χ4v) is 4.60. The minimum Gasteiger partial charge on any atom is -0.460 e. The molecule has 0 aromatic carbocycles. The molecule has 0 saturated heterocycles. The molecular formula is C22H30N4O3. The molecule has 0 aliphatic heterocycles. The number of nitrogens with zero attached hydrogens (tertiary/aromatic N) is 3. The van der Waals surface area contributed by atoms with Gasteiger partial charge in [-0.2, -0.15) is 5.10 Å². The van der Waals surface area contributed by atoms with Gasteiger partial charge in [-0.3, -0.25) is 14.0 Å².